The molecule has 0 saturated carbocycles. The molecule has 1 atom stereocenters. The molecule has 3 aromatic rings. The quantitative estimate of drug-likeness (QED) is 0.625. The Labute approximate surface area is 143 Å². The molecule has 0 radical (unpaired) electrons. The minimum atomic E-state index is -0.483. The van der Waals surface area contributed by atoms with Gasteiger partial charge in [-0.05, 0) is 31.7 Å². The highest BCUT2D eigenvalue weighted by Crippen LogP contribution is 2.11. The fourth-order valence-electron chi connectivity index (χ4n) is 2.45. The van der Waals surface area contributed by atoms with Crippen molar-refractivity contribution >= 4 is 23.0 Å². The number of halogens is 1. The molecule has 3 heterocycles. The van der Waals surface area contributed by atoms with Crippen LogP contribution in [0.1, 0.15) is 35.9 Å². The van der Waals surface area contributed by atoms with E-state index in [0.717, 1.165) is 31.0 Å². The van der Waals surface area contributed by atoms with E-state index in [9.17, 15) is 9.18 Å². The Morgan fingerprint density at radius 3 is 2.84 bits per heavy atom. The predicted octanol–water partition coefficient (Wildman–Crippen LogP) is 1.61. The van der Waals surface area contributed by atoms with Crippen molar-refractivity contribution in [3.05, 3.63) is 41.9 Å². The van der Waals surface area contributed by atoms with Crippen LogP contribution in [0.4, 0.5) is 10.3 Å². The van der Waals surface area contributed by atoms with Gasteiger partial charge in [0.2, 0.25) is 5.95 Å². The molecule has 0 aromatic carbocycles. The zero-order valence-corrected chi connectivity index (χ0v) is 13.7. The number of aromatic nitrogens is 5. The van der Waals surface area contributed by atoms with E-state index < -0.39 is 5.82 Å². The molecule has 3 rings (SSSR count). The zero-order valence-electron chi connectivity index (χ0n) is 13.7. The second-order valence-electron chi connectivity index (χ2n) is 5.83. The maximum atomic E-state index is 13.1. The van der Waals surface area contributed by atoms with Gasteiger partial charge in [-0.3, -0.25) is 4.79 Å². The number of nitrogens with one attached hydrogen (secondary N) is 2. The zero-order chi connectivity index (χ0) is 17.8. The number of imidazole rings is 1. The maximum absolute atomic E-state index is 13.1. The Balaban J connectivity index is 1.51. The normalized spacial score (nSPS) is 12.2. The summed E-state index contributed by atoms with van der Waals surface area (Å²) in [7, 11) is 0. The lowest BCUT2D eigenvalue weighted by Gasteiger charge is -2.12. The SMILES string of the molecule is C[C@@H](CCCc1cnc(N)nc1)NC(=O)c1nc2ncc(F)cc2[nH]1. The minimum absolute atomic E-state index is 0.0416. The second-order valence-corrected chi connectivity index (χ2v) is 5.83. The van der Waals surface area contributed by atoms with E-state index in [1.54, 1.807) is 12.4 Å². The summed E-state index contributed by atoms with van der Waals surface area (Å²) in [6.45, 7) is 1.91. The topological polar surface area (TPSA) is 122 Å². The van der Waals surface area contributed by atoms with Crippen LogP contribution in [0.2, 0.25) is 0 Å². The lowest BCUT2D eigenvalue weighted by molar-refractivity contribution is 0.0929. The minimum Gasteiger partial charge on any atom is -0.368 e. The first kappa shape index (κ1) is 16.7. The van der Waals surface area contributed by atoms with Crippen LogP contribution in [0.15, 0.2) is 24.7 Å². The average molecular weight is 343 g/mol. The molecular weight excluding hydrogens is 325 g/mol. The highest BCUT2D eigenvalue weighted by molar-refractivity contribution is 5.93. The number of nitrogen functional groups attached to an aromatic ring is 1. The monoisotopic (exact) mass is 343 g/mol. The molecule has 0 aliphatic rings. The van der Waals surface area contributed by atoms with Gasteiger partial charge in [0.15, 0.2) is 11.5 Å². The average Bonchev–Trinajstić information content (AvgIpc) is 3.00. The van der Waals surface area contributed by atoms with Gasteiger partial charge in [-0.2, -0.15) is 0 Å². The van der Waals surface area contributed by atoms with E-state index in [2.05, 4.69) is 30.2 Å². The number of nitrogens with zero attached hydrogens (tertiary/aromatic N) is 4. The summed E-state index contributed by atoms with van der Waals surface area (Å²) < 4.78 is 13.1. The van der Waals surface area contributed by atoms with Crippen molar-refractivity contribution in [3.8, 4) is 0 Å². The number of aryl methyl sites for hydroxylation is 1. The summed E-state index contributed by atoms with van der Waals surface area (Å²) in [4.78, 5) is 30.8. The van der Waals surface area contributed by atoms with Crippen LogP contribution in [-0.4, -0.2) is 36.9 Å². The molecular formula is C16H18FN7O. The molecule has 130 valence electrons. The summed E-state index contributed by atoms with van der Waals surface area (Å²) in [5.74, 6) is -0.457. The molecule has 0 bridgehead atoms. The van der Waals surface area contributed by atoms with Crippen molar-refractivity contribution in [3.63, 3.8) is 0 Å². The fourth-order valence-corrected chi connectivity index (χ4v) is 2.45. The van der Waals surface area contributed by atoms with Gasteiger partial charge < -0.3 is 16.0 Å². The molecule has 25 heavy (non-hydrogen) atoms. The van der Waals surface area contributed by atoms with E-state index in [0.29, 0.717) is 11.2 Å². The van der Waals surface area contributed by atoms with Crippen molar-refractivity contribution < 1.29 is 9.18 Å². The molecule has 0 spiro atoms. The van der Waals surface area contributed by atoms with Gasteiger partial charge in [0.25, 0.3) is 5.91 Å². The number of carbonyl (C=O) groups excluding carboxylic acids is 1. The Morgan fingerprint density at radius 2 is 2.08 bits per heavy atom. The van der Waals surface area contributed by atoms with E-state index in [-0.39, 0.29) is 23.7 Å². The van der Waals surface area contributed by atoms with Gasteiger partial charge in [-0.25, -0.2) is 24.3 Å². The number of hydrogen-bond donors (Lipinski definition) is 3. The molecule has 0 aliphatic heterocycles. The molecule has 0 saturated heterocycles. The van der Waals surface area contributed by atoms with E-state index >= 15 is 0 Å². The number of amides is 1. The highest BCUT2D eigenvalue weighted by Gasteiger charge is 2.15. The molecule has 3 aromatic heterocycles. The summed E-state index contributed by atoms with van der Waals surface area (Å²) >= 11 is 0. The van der Waals surface area contributed by atoms with Crippen molar-refractivity contribution in [1.29, 1.82) is 0 Å². The van der Waals surface area contributed by atoms with Crippen LogP contribution >= 0.6 is 0 Å². The Hall–Kier alpha value is -3.10. The summed E-state index contributed by atoms with van der Waals surface area (Å²) in [5, 5.41) is 2.86. The Bertz CT molecular complexity index is 878. The number of aromatic amines is 1. The third-order valence-corrected chi connectivity index (χ3v) is 3.72. The first-order valence-corrected chi connectivity index (χ1v) is 7.90. The Morgan fingerprint density at radius 1 is 1.32 bits per heavy atom. The molecule has 4 N–H and O–H groups in total. The van der Waals surface area contributed by atoms with Crippen molar-refractivity contribution in [2.45, 2.75) is 32.2 Å². The largest absolute Gasteiger partial charge is 0.368 e. The predicted molar refractivity (Wildman–Crippen MR) is 90.2 cm³/mol. The van der Waals surface area contributed by atoms with Gasteiger partial charge in [-0.15, -0.1) is 0 Å². The van der Waals surface area contributed by atoms with E-state index in [4.69, 9.17) is 5.73 Å². The van der Waals surface area contributed by atoms with Crippen molar-refractivity contribution in [1.82, 2.24) is 30.2 Å². The number of hydrogen-bond acceptors (Lipinski definition) is 6. The molecule has 0 aliphatic carbocycles. The molecule has 0 unspecified atom stereocenters. The lowest BCUT2D eigenvalue weighted by Crippen LogP contribution is -2.33. The van der Waals surface area contributed by atoms with Crippen LogP contribution in [0, 0.1) is 5.82 Å². The third kappa shape index (κ3) is 4.25. The van der Waals surface area contributed by atoms with Gasteiger partial charge in [0, 0.05) is 24.5 Å². The standard InChI is InChI=1S/C16H18FN7O/c1-9(3-2-4-10-6-20-16(18)21-7-10)22-15(25)14-23-12-5-11(17)8-19-13(12)24-14/h5-9H,2-4H2,1H3,(H,22,25)(H2,18,20,21)(H,19,23,24)/t9-/m0/s1. The molecule has 9 heteroatoms. The Kier molecular flexibility index (Phi) is 4.82. The number of fused-ring (bicyclic) bond motifs is 1. The number of anilines is 1. The van der Waals surface area contributed by atoms with Crippen molar-refractivity contribution in [2.75, 3.05) is 5.73 Å². The summed E-state index contributed by atoms with van der Waals surface area (Å²) in [6, 6.07) is 1.21. The molecule has 8 nitrogen and oxygen atoms in total. The van der Waals surface area contributed by atoms with Gasteiger partial charge in [0.05, 0.1) is 11.7 Å². The van der Waals surface area contributed by atoms with Gasteiger partial charge in [-0.1, -0.05) is 0 Å². The van der Waals surface area contributed by atoms with Gasteiger partial charge >= 0.3 is 0 Å². The fraction of sp³-hybridized carbons (Fsp3) is 0.312. The first-order chi connectivity index (χ1) is 12.0. The first-order valence-electron chi connectivity index (χ1n) is 7.90. The third-order valence-electron chi connectivity index (χ3n) is 3.72. The number of H-pyrrole nitrogens is 1. The van der Waals surface area contributed by atoms with Crippen LogP contribution < -0.4 is 11.1 Å². The smallest absolute Gasteiger partial charge is 0.287 e. The number of pyridine rings is 1. The van der Waals surface area contributed by atoms with Crippen molar-refractivity contribution in [2.24, 2.45) is 0 Å². The second kappa shape index (κ2) is 7.20. The van der Waals surface area contributed by atoms with Gasteiger partial charge in [0.1, 0.15) is 5.82 Å². The highest BCUT2D eigenvalue weighted by atomic mass is 19.1. The van der Waals surface area contributed by atoms with Crippen LogP contribution in [-0.2, 0) is 6.42 Å². The summed E-state index contributed by atoms with van der Waals surface area (Å²) in [6.07, 6.45) is 6.91. The lowest BCUT2D eigenvalue weighted by atomic mass is 10.1. The van der Waals surface area contributed by atoms with E-state index in [1.807, 2.05) is 6.92 Å². The van der Waals surface area contributed by atoms with Crippen LogP contribution in [0.3, 0.4) is 0 Å². The number of rotatable bonds is 6. The number of nitrogens with two attached hydrogens (primary N) is 1. The maximum Gasteiger partial charge on any atom is 0.287 e. The van der Waals surface area contributed by atoms with E-state index in [1.165, 1.54) is 6.07 Å². The molecule has 1 amide bonds. The van der Waals surface area contributed by atoms with Crippen LogP contribution in [0.5, 0.6) is 0 Å². The van der Waals surface area contributed by atoms with Crippen LogP contribution in [0.25, 0.3) is 11.2 Å². The number of carbonyl (C=O) groups is 1. The summed E-state index contributed by atoms with van der Waals surface area (Å²) in [5.41, 5.74) is 7.14. The molecule has 0 fully saturated rings.